The van der Waals surface area contributed by atoms with E-state index in [0.717, 1.165) is 37.9 Å². The van der Waals surface area contributed by atoms with Crippen LogP contribution >= 0.6 is 0 Å². The number of likely N-dealkylation sites (N-methyl/N-ethyl adjacent to an activating group) is 1. The number of primary amides is 1. The van der Waals surface area contributed by atoms with E-state index in [2.05, 4.69) is 40.1 Å². The van der Waals surface area contributed by atoms with Crippen molar-refractivity contribution in [1.82, 2.24) is 35.1 Å². The number of piperidine rings is 1. The molecule has 0 spiro atoms. The second-order valence-electron chi connectivity index (χ2n) is 14.3. The van der Waals surface area contributed by atoms with Gasteiger partial charge in [0.15, 0.2) is 5.82 Å². The largest absolute Gasteiger partial charge is 0.464 e. The van der Waals surface area contributed by atoms with E-state index >= 15 is 0 Å². The van der Waals surface area contributed by atoms with E-state index in [1.165, 1.54) is 10.5 Å². The lowest BCUT2D eigenvalue weighted by Gasteiger charge is -2.38. The molecule has 5 N–H and O–H groups in total. The number of hydrogen-bond acceptors (Lipinski definition) is 10. The number of ether oxygens (including phenoxy) is 1. The zero-order chi connectivity index (χ0) is 44.3. The number of rotatable bonds is 13. The maximum absolute atomic E-state index is 13.4. The van der Waals surface area contributed by atoms with Gasteiger partial charge in [-0.05, 0) is 86.6 Å². The van der Waals surface area contributed by atoms with E-state index in [1.807, 2.05) is 70.5 Å². The lowest BCUT2D eigenvalue weighted by Crippen LogP contribution is -2.57. The molecule has 59 heavy (non-hydrogen) atoms. The van der Waals surface area contributed by atoms with E-state index in [-0.39, 0.29) is 49.2 Å². The van der Waals surface area contributed by atoms with Crippen molar-refractivity contribution in [2.24, 2.45) is 5.73 Å². The smallest absolute Gasteiger partial charge is 0.328 e. The van der Waals surface area contributed by atoms with Crippen molar-refractivity contribution in [3.05, 3.63) is 47.7 Å². The van der Waals surface area contributed by atoms with Crippen molar-refractivity contribution in [2.45, 2.75) is 131 Å². The Morgan fingerprint density at radius 2 is 1.53 bits per heavy atom. The molecule has 1 aromatic carbocycles. The molecular formula is C42H69N9O8. The molecule has 6 amide bonds. The lowest BCUT2D eigenvalue weighted by molar-refractivity contribution is -0.153. The number of nitrogens with one attached hydrogen (secondary N) is 3. The number of esters is 1. The maximum Gasteiger partial charge on any atom is 0.328 e. The molecule has 17 heteroatoms. The van der Waals surface area contributed by atoms with Gasteiger partial charge in [0.05, 0.1) is 13.0 Å². The van der Waals surface area contributed by atoms with Gasteiger partial charge < -0.3 is 41.1 Å². The first-order chi connectivity index (χ1) is 28.3. The maximum atomic E-state index is 13.4. The fourth-order valence-corrected chi connectivity index (χ4v) is 6.68. The van der Waals surface area contributed by atoms with Crippen LogP contribution in [0.25, 0.3) is 0 Å². The van der Waals surface area contributed by atoms with Gasteiger partial charge >= 0.3 is 5.97 Å². The second-order valence-corrected chi connectivity index (χ2v) is 14.3. The monoisotopic (exact) mass is 828 g/mol. The predicted octanol–water partition coefficient (Wildman–Crippen LogP) is 2.93. The van der Waals surface area contributed by atoms with Gasteiger partial charge in [-0.3, -0.25) is 33.4 Å². The summed E-state index contributed by atoms with van der Waals surface area (Å²) in [5.74, 6) is -0.755. The van der Waals surface area contributed by atoms with E-state index in [1.54, 1.807) is 16.8 Å². The van der Waals surface area contributed by atoms with Crippen LogP contribution in [0.15, 0.2) is 36.4 Å². The Labute approximate surface area is 350 Å². The van der Waals surface area contributed by atoms with E-state index < -0.39 is 24.1 Å². The molecular weight excluding hydrogens is 759 g/mol. The molecule has 5 rings (SSSR count). The summed E-state index contributed by atoms with van der Waals surface area (Å²) in [6.45, 7) is 16.3. The highest BCUT2D eigenvalue weighted by atomic mass is 16.5. The van der Waals surface area contributed by atoms with Crippen LogP contribution in [-0.4, -0.2) is 131 Å². The first kappa shape index (κ1) is 51.7. The van der Waals surface area contributed by atoms with Gasteiger partial charge in [-0.1, -0.05) is 49.7 Å². The first-order valence-corrected chi connectivity index (χ1v) is 20.7. The normalized spacial score (nSPS) is 17.9. The first-order valence-electron chi connectivity index (χ1n) is 20.7. The summed E-state index contributed by atoms with van der Waals surface area (Å²) in [6.07, 6.45) is 6.22. The zero-order valence-corrected chi connectivity index (χ0v) is 36.4. The van der Waals surface area contributed by atoms with Crippen molar-refractivity contribution >= 4 is 48.2 Å². The summed E-state index contributed by atoms with van der Waals surface area (Å²) < 4.78 is 7.08. The molecule has 330 valence electrons. The Hall–Kier alpha value is -5.32. The molecule has 3 saturated heterocycles. The van der Waals surface area contributed by atoms with Crippen molar-refractivity contribution in [3.8, 4) is 0 Å². The Kier molecular flexibility index (Phi) is 25.4. The number of anilines is 1. The minimum absolute atomic E-state index is 0.00788. The topological polar surface area (TPSA) is 218 Å². The Morgan fingerprint density at radius 1 is 0.898 bits per heavy atom. The summed E-state index contributed by atoms with van der Waals surface area (Å²) in [5.41, 5.74) is 7.08. The molecule has 2 aromatic rings. The molecule has 0 radical (unpaired) electrons. The summed E-state index contributed by atoms with van der Waals surface area (Å²) in [7, 11) is 1.67. The highest BCUT2D eigenvalue weighted by Gasteiger charge is 2.41. The Bertz CT molecular complexity index is 1590. The summed E-state index contributed by atoms with van der Waals surface area (Å²) in [5, 5.41) is 12.1. The van der Waals surface area contributed by atoms with Crippen LogP contribution in [0.2, 0.25) is 0 Å². The van der Waals surface area contributed by atoms with Crippen molar-refractivity contribution in [3.63, 3.8) is 0 Å². The average molecular weight is 828 g/mol. The Morgan fingerprint density at radius 3 is 2.05 bits per heavy atom. The average Bonchev–Trinajstić information content (AvgIpc) is 3.99. The van der Waals surface area contributed by atoms with Crippen molar-refractivity contribution in [1.29, 1.82) is 0 Å². The fraction of sp³-hybridized carbons (Fsp3) is 0.619. The lowest BCUT2D eigenvalue weighted by atomic mass is 9.99. The number of aromatic nitrogens is 2. The quantitative estimate of drug-likeness (QED) is 0.171. The number of aryl methyl sites for hydroxylation is 3. The standard InChI is InChI=1S/C23H36N4O6.C7H11N3O.C7H8.C3H8N2O.C2H6/c1-16(2)24-21(30)17-7-3-4-12-27(17)22(31)18-8-6-13-26(18)20(29)10-14-33-23(32)19-9-5-11-25(19)15-28;1-3-10-6(2)4-7(9-10)8-5-11;1-7-5-3-2-4-6-7;1-5-2-3(4)6;1-2/h15-19H,3-14H2,1-2H3,(H,24,30);4-5H,3H2,1-2H3,(H,8,9,11);2-6H,1H3;5H,2H2,1H3,(H2,4,6);1-2H3. The molecule has 0 saturated carbocycles. The van der Waals surface area contributed by atoms with Crippen LogP contribution in [-0.2, 0) is 44.8 Å². The predicted molar refractivity (Wildman–Crippen MR) is 227 cm³/mol. The summed E-state index contributed by atoms with van der Waals surface area (Å²) >= 11 is 0. The molecule has 3 fully saturated rings. The number of carbonyl (C=O) groups excluding carboxylic acids is 7. The molecule has 17 nitrogen and oxygen atoms in total. The highest BCUT2D eigenvalue weighted by Crippen LogP contribution is 2.25. The molecule has 3 unspecified atom stereocenters. The highest BCUT2D eigenvalue weighted by molar-refractivity contribution is 5.93. The number of amides is 6. The third-order valence-electron chi connectivity index (χ3n) is 9.42. The van der Waals surface area contributed by atoms with E-state index in [4.69, 9.17) is 10.5 Å². The molecule has 0 aliphatic carbocycles. The summed E-state index contributed by atoms with van der Waals surface area (Å²) in [4.78, 5) is 86.5. The van der Waals surface area contributed by atoms with Gasteiger partial charge in [0.25, 0.3) is 0 Å². The van der Waals surface area contributed by atoms with Crippen molar-refractivity contribution in [2.75, 3.05) is 45.2 Å². The minimum atomic E-state index is -0.582. The van der Waals surface area contributed by atoms with E-state index in [0.29, 0.717) is 57.5 Å². The Balaban J connectivity index is 0.000000537. The van der Waals surface area contributed by atoms with Gasteiger partial charge in [-0.25, -0.2) is 4.79 Å². The van der Waals surface area contributed by atoms with Gasteiger partial charge in [-0.2, -0.15) is 5.10 Å². The third kappa shape index (κ3) is 18.4. The molecule has 3 aliphatic heterocycles. The molecule has 3 atom stereocenters. The van der Waals surface area contributed by atoms with Crippen LogP contribution in [0.1, 0.15) is 97.2 Å². The van der Waals surface area contributed by atoms with Crippen LogP contribution in [0, 0.1) is 13.8 Å². The number of nitrogens with zero attached hydrogens (tertiary/aromatic N) is 5. The van der Waals surface area contributed by atoms with Crippen LogP contribution in [0.5, 0.6) is 0 Å². The molecule has 3 aliphatic rings. The van der Waals surface area contributed by atoms with Crippen LogP contribution < -0.4 is 21.7 Å². The molecule has 0 bridgehead atoms. The minimum Gasteiger partial charge on any atom is -0.464 e. The number of benzene rings is 1. The summed E-state index contributed by atoms with van der Waals surface area (Å²) in [6, 6.07) is 10.4. The third-order valence-corrected chi connectivity index (χ3v) is 9.42. The van der Waals surface area contributed by atoms with Crippen LogP contribution in [0.4, 0.5) is 5.82 Å². The second kappa shape index (κ2) is 29.0. The zero-order valence-electron chi connectivity index (χ0n) is 36.4. The fourth-order valence-electron chi connectivity index (χ4n) is 6.68. The van der Waals surface area contributed by atoms with Gasteiger partial charge in [-0.15, -0.1) is 0 Å². The SMILES string of the molecule is CC.CC(C)NC(=O)C1CCCCN1C(=O)C1CCCN1C(=O)CCOC(=O)C1CCCN1C=O.CCn1nc(NC=O)cc1C.CNCC(N)=O.Cc1ccccc1. The van der Waals surface area contributed by atoms with Gasteiger partial charge in [0.1, 0.15) is 24.7 Å². The van der Waals surface area contributed by atoms with E-state index in [9.17, 15) is 33.6 Å². The molecule has 1 aromatic heterocycles. The van der Waals surface area contributed by atoms with Gasteiger partial charge in [0.2, 0.25) is 36.4 Å². The number of nitrogens with two attached hydrogens (primary N) is 1. The molecule has 4 heterocycles. The number of hydrogen-bond donors (Lipinski definition) is 4. The van der Waals surface area contributed by atoms with Crippen molar-refractivity contribution < 1.29 is 38.3 Å². The van der Waals surface area contributed by atoms with Crippen LogP contribution in [0.3, 0.4) is 0 Å². The number of likely N-dealkylation sites (tertiary alicyclic amines) is 3. The van der Waals surface area contributed by atoms with Gasteiger partial charge in [0, 0.05) is 44.0 Å². The number of carbonyl (C=O) groups is 7.